The number of rotatable bonds is 6. The van der Waals surface area contributed by atoms with Gasteiger partial charge >= 0.3 is 0 Å². The predicted molar refractivity (Wildman–Crippen MR) is 115 cm³/mol. The Morgan fingerprint density at radius 3 is 2.53 bits per heavy atom. The Balaban J connectivity index is 1.46. The number of aromatic amines is 1. The molecule has 0 spiro atoms. The fourth-order valence-corrected chi connectivity index (χ4v) is 5.22. The summed E-state index contributed by atoms with van der Waals surface area (Å²) >= 11 is 1.69. The summed E-state index contributed by atoms with van der Waals surface area (Å²) in [5, 5.41) is 6.05. The molecule has 2 aliphatic rings. The Bertz CT molecular complexity index is 1000. The zero-order valence-electron chi connectivity index (χ0n) is 16.9. The number of fused-ring (bicyclic) bond motifs is 1. The van der Waals surface area contributed by atoms with Crippen molar-refractivity contribution in [3.8, 4) is 0 Å². The van der Waals surface area contributed by atoms with E-state index in [9.17, 15) is 18.4 Å². The average molecular weight is 437 g/mol. The highest BCUT2D eigenvalue weighted by Crippen LogP contribution is 2.31. The molecule has 4 rings (SSSR count). The summed E-state index contributed by atoms with van der Waals surface area (Å²) in [5.74, 6) is -1.23. The predicted octanol–water partition coefficient (Wildman–Crippen LogP) is 3.85. The second-order valence-corrected chi connectivity index (χ2v) is 9.50. The van der Waals surface area contributed by atoms with Crippen LogP contribution >= 0.6 is 11.8 Å². The van der Waals surface area contributed by atoms with Gasteiger partial charge in [0.1, 0.15) is 11.2 Å². The van der Waals surface area contributed by atoms with Gasteiger partial charge in [0, 0.05) is 24.3 Å². The molecular formula is C21H26F2N4O2S. The topological polar surface area (TPSA) is 86.9 Å². The van der Waals surface area contributed by atoms with Crippen LogP contribution in [0.1, 0.15) is 57.7 Å². The highest BCUT2D eigenvalue weighted by molar-refractivity contribution is 7.99. The lowest BCUT2D eigenvalue weighted by Gasteiger charge is -2.28. The molecule has 3 N–H and O–H groups in total. The molecule has 1 heterocycles. The van der Waals surface area contributed by atoms with Crippen LogP contribution in [0.25, 0.3) is 10.9 Å². The minimum absolute atomic E-state index is 0.00104. The van der Waals surface area contributed by atoms with E-state index in [1.165, 1.54) is 13.0 Å². The summed E-state index contributed by atoms with van der Waals surface area (Å²) in [5.41, 5.74) is -0.418. The smallest absolute Gasteiger partial charge is 0.261 e. The molecule has 162 valence electrons. The summed E-state index contributed by atoms with van der Waals surface area (Å²) < 4.78 is 28.9. The van der Waals surface area contributed by atoms with Crippen molar-refractivity contribution in [1.82, 2.24) is 15.3 Å². The number of nitrogens with one attached hydrogen (secondary N) is 3. The molecule has 0 atom stereocenters. The number of aromatic nitrogens is 2. The molecule has 0 saturated heterocycles. The number of hydrogen-bond donors (Lipinski definition) is 3. The SMILES string of the molecule is CC(=O)NC1CCC(SCc2nc3cc(NC4CCC4)c(F)c(F)c3c(=O)[nH]2)CC1. The molecule has 2 aromatic rings. The van der Waals surface area contributed by atoms with Gasteiger partial charge in [-0.2, -0.15) is 11.8 Å². The van der Waals surface area contributed by atoms with Crippen LogP contribution in [-0.2, 0) is 10.5 Å². The summed E-state index contributed by atoms with van der Waals surface area (Å²) in [6.07, 6.45) is 6.73. The number of carbonyl (C=O) groups excluding carboxylic acids is 1. The molecule has 1 amide bonds. The molecule has 0 bridgehead atoms. The zero-order valence-corrected chi connectivity index (χ0v) is 17.7. The average Bonchev–Trinajstić information content (AvgIpc) is 2.67. The first-order valence-corrected chi connectivity index (χ1v) is 11.5. The maximum atomic E-state index is 14.5. The first kappa shape index (κ1) is 21.1. The van der Waals surface area contributed by atoms with Gasteiger partial charge in [-0.05, 0) is 51.0 Å². The number of halogens is 2. The van der Waals surface area contributed by atoms with Crippen LogP contribution in [0.2, 0.25) is 0 Å². The van der Waals surface area contributed by atoms with Gasteiger partial charge in [0.15, 0.2) is 11.6 Å². The van der Waals surface area contributed by atoms with Gasteiger partial charge in [0.05, 0.1) is 17.0 Å². The third kappa shape index (κ3) is 4.61. The first-order chi connectivity index (χ1) is 14.4. The minimum atomic E-state index is -1.15. The standard InChI is InChI=1S/C21H26F2N4O2S/c1-11(28)24-13-5-7-14(8-6-13)30-10-17-26-15-9-16(25-12-3-2-4-12)19(22)20(23)18(15)21(29)27-17/h9,12-14,25H,2-8,10H2,1H3,(H,24,28)(H,26,27,29). The lowest BCUT2D eigenvalue weighted by molar-refractivity contribution is -0.119. The number of thioether (sulfide) groups is 1. The molecule has 0 radical (unpaired) electrons. The van der Waals surface area contributed by atoms with E-state index in [0.717, 1.165) is 44.9 Å². The van der Waals surface area contributed by atoms with Crippen LogP contribution in [0, 0.1) is 11.6 Å². The van der Waals surface area contributed by atoms with E-state index < -0.39 is 17.2 Å². The lowest BCUT2D eigenvalue weighted by Crippen LogP contribution is -2.36. The van der Waals surface area contributed by atoms with Crippen molar-refractivity contribution in [2.75, 3.05) is 5.32 Å². The third-order valence-electron chi connectivity index (χ3n) is 5.93. The zero-order chi connectivity index (χ0) is 21.3. The van der Waals surface area contributed by atoms with Gasteiger partial charge in [-0.3, -0.25) is 9.59 Å². The highest BCUT2D eigenvalue weighted by Gasteiger charge is 2.24. The van der Waals surface area contributed by atoms with E-state index >= 15 is 0 Å². The second kappa shape index (κ2) is 8.91. The Morgan fingerprint density at radius 1 is 1.17 bits per heavy atom. The van der Waals surface area contributed by atoms with E-state index in [2.05, 4.69) is 20.6 Å². The summed E-state index contributed by atoms with van der Waals surface area (Å²) in [6.45, 7) is 1.53. The normalized spacial score (nSPS) is 22.0. The molecule has 30 heavy (non-hydrogen) atoms. The van der Waals surface area contributed by atoms with E-state index in [1.54, 1.807) is 11.8 Å². The van der Waals surface area contributed by atoms with E-state index in [1.807, 2.05) is 0 Å². The van der Waals surface area contributed by atoms with Crippen LogP contribution in [0.3, 0.4) is 0 Å². The number of carbonyl (C=O) groups is 1. The highest BCUT2D eigenvalue weighted by atomic mass is 32.2. The van der Waals surface area contributed by atoms with Crippen molar-refractivity contribution in [2.45, 2.75) is 75.0 Å². The second-order valence-electron chi connectivity index (χ2n) is 8.22. The van der Waals surface area contributed by atoms with Gasteiger partial charge in [-0.25, -0.2) is 13.8 Å². The molecule has 1 aromatic heterocycles. The van der Waals surface area contributed by atoms with Gasteiger partial charge in [0.2, 0.25) is 5.91 Å². The number of amides is 1. The van der Waals surface area contributed by atoms with Crippen molar-refractivity contribution < 1.29 is 13.6 Å². The van der Waals surface area contributed by atoms with Crippen LogP contribution in [0.15, 0.2) is 10.9 Å². The number of anilines is 1. The molecule has 2 saturated carbocycles. The number of benzene rings is 1. The van der Waals surface area contributed by atoms with E-state index in [4.69, 9.17) is 0 Å². The third-order valence-corrected chi connectivity index (χ3v) is 7.31. The Hall–Kier alpha value is -2.16. The maximum absolute atomic E-state index is 14.5. The Kier molecular flexibility index (Phi) is 6.26. The van der Waals surface area contributed by atoms with Crippen molar-refractivity contribution in [3.63, 3.8) is 0 Å². The van der Waals surface area contributed by atoms with Crippen LogP contribution in [0.5, 0.6) is 0 Å². The minimum Gasteiger partial charge on any atom is -0.380 e. The largest absolute Gasteiger partial charge is 0.380 e. The molecule has 0 aliphatic heterocycles. The lowest BCUT2D eigenvalue weighted by atomic mass is 9.93. The summed E-state index contributed by atoms with van der Waals surface area (Å²) in [4.78, 5) is 30.6. The summed E-state index contributed by atoms with van der Waals surface area (Å²) in [6, 6.07) is 1.81. The number of nitrogens with zero attached hydrogens (tertiary/aromatic N) is 1. The quantitative estimate of drug-likeness (QED) is 0.640. The van der Waals surface area contributed by atoms with Gasteiger partial charge in [0.25, 0.3) is 5.56 Å². The molecule has 6 nitrogen and oxygen atoms in total. The van der Waals surface area contributed by atoms with Crippen molar-refractivity contribution >= 4 is 34.3 Å². The molecule has 0 unspecified atom stereocenters. The van der Waals surface area contributed by atoms with Crippen LogP contribution < -0.4 is 16.2 Å². The first-order valence-electron chi connectivity index (χ1n) is 10.5. The fraction of sp³-hybridized carbons (Fsp3) is 0.571. The van der Waals surface area contributed by atoms with E-state index in [0.29, 0.717) is 16.8 Å². The van der Waals surface area contributed by atoms with E-state index in [-0.39, 0.29) is 34.6 Å². The van der Waals surface area contributed by atoms with Crippen LogP contribution in [-0.4, -0.2) is 33.2 Å². The molecule has 9 heteroatoms. The number of hydrogen-bond acceptors (Lipinski definition) is 5. The molecule has 2 fully saturated rings. The molecular weight excluding hydrogens is 410 g/mol. The monoisotopic (exact) mass is 436 g/mol. The van der Waals surface area contributed by atoms with Gasteiger partial charge in [-0.1, -0.05) is 0 Å². The Labute approximate surface area is 177 Å². The molecule has 2 aliphatic carbocycles. The van der Waals surface area contributed by atoms with Crippen LogP contribution in [0.4, 0.5) is 14.5 Å². The van der Waals surface area contributed by atoms with Crippen molar-refractivity contribution in [1.29, 1.82) is 0 Å². The molecule has 1 aromatic carbocycles. The maximum Gasteiger partial charge on any atom is 0.261 e. The van der Waals surface area contributed by atoms with Gasteiger partial charge in [-0.15, -0.1) is 0 Å². The van der Waals surface area contributed by atoms with Crippen molar-refractivity contribution in [3.05, 3.63) is 33.9 Å². The van der Waals surface area contributed by atoms with Crippen molar-refractivity contribution in [2.24, 2.45) is 0 Å². The Morgan fingerprint density at radius 2 is 1.90 bits per heavy atom. The van der Waals surface area contributed by atoms with Gasteiger partial charge < -0.3 is 15.6 Å². The fourth-order valence-electron chi connectivity index (χ4n) is 4.09. The number of H-pyrrole nitrogens is 1. The summed E-state index contributed by atoms with van der Waals surface area (Å²) in [7, 11) is 0.